The van der Waals surface area contributed by atoms with E-state index in [1.165, 1.54) is 0 Å². The second kappa shape index (κ2) is 10.2. The van der Waals surface area contributed by atoms with Gasteiger partial charge >= 0.3 is 6.09 Å². The number of thiocarbonyl (C=S) groups is 1. The molecule has 1 atom stereocenters. The molecule has 1 aliphatic rings. The maximum absolute atomic E-state index is 13.4. The van der Waals surface area contributed by atoms with E-state index >= 15 is 0 Å². The van der Waals surface area contributed by atoms with Crippen LogP contribution < -0.4 is 10.1 Å². The van der Waals surface area contributed by atoms with Crippen LogP contribution in [0.25, 0.3) is 0 Å². The molecule has 0 bridgehead atoms. The number of aromatic hydroxyl groups is 1. The molecule has 0 radical (unpaired) electrons. The molecule has 202 valence electrons. The van der Waals surface area contributed by atoms with Crippen molar-refractivity contribution in [3.05, 3.63) is 52.6 Å². The molecular formula is C30H42N2O4S. The quantitative estimate of drug-likeness (QED) is 0.403. The fourth-order valence-electron chi connectivity index (χ4n) is 4.24. The number of benzene rings is 2. The van der Waals surface area contributed by atoms with Crippen molar-refractivity contribution in [2.45, 2.75) is 105 Å². The van der Waals surface area contributed by atoms with E-state index in [1.807, 2.05) is 58.0 Å². The van der Waals surface area contributed by atoms with E-state index < -0.39 is 11.7 Å². The van der Waals surface area contributed by atoms with Crippen molar-refractivity contribution in [3.63, 3.8) is 0 Å². The summed E-state index contributed by atoms with van der Waals surface area (Å²) in [5.41, 5.74) is 3.20. The summed E-state index contributed by atoms with van der Waals surface area (Å²) in [4.78, 5) is 15.7. The summed E-state index contributed by atoms with van der Waals surface area (Å²) >= 11 is 5.38. The van der Waals surface area contributed by atoms with E-state index in [9.17, 15) is 9.90 Å². The second-order valence-corrected chi connectivity index (χ2v) is 13.4. The first-order chi connectivity index (χ1) is 16.8. The van der Waals surface area contributed by atoms with Crippen molar-refractivity contribution >= 4 is 29.0 Å². The van der Waals surface area contributed by atoms with Crippen LogP contribution in [0, 0.1) is 0 Å². The largest absolute Gasteiger partial charge is 0.507 e. The normalized spacial score (nSPS) is 15.9. The third-order valence-corrected chi connectivity index (χ3v) is 6.59. The van der Waals surface area contributed by atoms with Gasteiger partial charge in [0, 0.05) is 13.1 Å². The van der Waals surface area contributed by atoms with E-state index in [2.05, 4.69) is 46.9 Å². The predicted molar refractivity (Wildman–Crippen MR) is 154 cm³/mol. The molecule has 3 rings (SSSR count). The lowest BCUT2D eigenvalue weighted by molar-refractivity contribution is 0.0216. The topological polar surface area (TPSA) is 71.0 Å². The Hall–Kier alpha value is -2.80. The van der Waals surface area contributed by atoms with Gasteiger partial charge in [-0.3, -0.25) is 4.90 Å². The SMILES string of the molecule is CC1Oc2ccc(CN(Cc3cc(C(C)(C)C)c(O)c(C(C)(C)C)c3)C(=O)OC(C)(C)C)cc2NC1=S. The number of hydrogen-bond donors (Lipinski definition) is 2. The Kier molecular flexibility index (Phi) is 7.90. The van der Waals surface area contributed by atoms with Crippen LogP contribution in [-0.2, 0) is 28.7 Å². The van der Waals surface area contributed by atoms with Gasteiger partial charge in [-0.2, -0.15) is 0 Å². The summed E-state index contributed by atoms with van der Waals surface area (Å²) in [6.45, 7) is 20.6. The first-order valence-electron chi connectivity index (χ1n) is 12.8. The van der Waals surface area contributed by atoms with Gasteiger partial charge in [-0.15, -0.1) is 0 Å². The fourth-order valence-corrected chi connectivity index (χ4v) is 4.39. The zero-order chi connectivity index (χ0) is 27.9. The Morgan fingerprint density at radius 1 is 0.973 bits per heavy atom. The molecule has 0 aromatic heterocycles. The summed E-state index contributed by atoms with van der Waals surface area (Å²) < 4.78 is 11.7. The van der Waals surface area contributed by atoms with Crippen LogP contribution in [-0.4, -0.2) is 32.8 Å². The number of amides is 1. The molecular weight excluding hydrogens is 484 g/mol. The van der Waals surface area contributed by atoms with Crippen molar-refractivity contribution in [1.82, 2.24) is 4.90 Å². The molecule has 1 heterocycles. The van der Waals surface area contributed by atoms with Gasteiger partial charge in [0.05, 0.1) is 5.69 Å². The zero-order valence-corrected chi connectivity index (χ0v) is 24.7. The van der Waals surface area contributed by atoms with Gasteiger partial charge in [0.1, 0.15) is 28.2 Å². The van der Waals surface area contributed by atoms with Crippen molar-refractivity contribution in [3.8, 4) is 11.5 Å². The van der Waals surface area contributed by atoms with Gasteiger partial charge in [-0.05, 0) is 85.0 Å². The second-order valence-electron chi connectivity index (χ2n) is 13.0. The summed E-state index contributed by atoms with van der Waals surface area (Å²) in [7, 11) is 0. The molecule has 1 unspecified atom stereocenters. The summed E-state index contributed by atoms with van der Waals surface area (Å²) in [6, 6.07) is 9.83. The molecule has 37 heavy (non-hydrogen) atoms. The molecule has 0 spiro atoms. The molecule has 1 aliphatic heterocycles. The molecule has 0 saturated heterocycles. The Bertz CT molecular complexity index is 1150. The van der Waals surface area contributed by atoms with Crippen LogP contribution in [0.4, 0.5) is 10.5 Å². The van der Waals surface area contributed by atoms with E-state index in [4.69, 9.17) is 21.7 Å². The summed E-state index contributed by atoms with van der Waals surface area (Å²) in [5, 5.41) is 14.4. The van der Waals surface area contributed by atoms with Crippen molar-refractivity contribution < 1.29 is 19.4 Å². The maximum Gasteiger partial charge on any atom is 0.410 e. The number of nitrogens with zero attached hydrogens (tertiary/aromatic N) is 1. The standard InChI is InChI=1S/C30H42N2O4S/c1-18-26(37)31-23-15-19(11-12-24(23)35-18)16-32(27(34)36-30(8,9)10)17-20-13-21(28(2,3)4)25(33)22(14-20)29(5,6)7/h11-15,18,33H,16-17H2,1-10H3,(H,31,37). The number of phenolic OH excluding ortho intramolecular Hbond substituents is 1. The van der Waals surface area contributed by atoms with Crippen LogP contribution >= 0.6 is 12.2 Å². The minimum Gasteiger partial charge on any atom is -0.507 e. The highest BCUT2D eigenvalue weighted by Crippen LogP contribution is 2.40. The smallest absolute Gasteiger partial charge is 0.410 e. The molecule has 0 aliphatic carbocycles. The number of fused-ring (bicyclic) bond motifs is 1. The number of nitrogens with one attached hydrogen (secondary N) is 1. The van der Waals surface area contributed by atoms with Gasteiger partial charge in [0.25, 0.3) is 0 Å². The average Bonchev–Trinajstić information content (AvgIpc) is 2.72. The first kappa shape index (κ1) is 28.8. The lowest BCUT2D eigenvalue weighted by Crippen LogP contribution is -2.36. The first-order valence-corrected chi connectivity index (χ1v) is 13.2. The van der Waals surface area contributed by atoms with Gasteiger partial charge in [0.2, 0.25) is 0 Å². The number of ether oxygens (including phenoxy) is 2. The molecule has 2 N–H and O–H groups in total. The van der Waals surface area contributed by atoms with Crippen molar-refractivity contribution in [2.24, 2.45) is 0 Å². The van der Waals surface area contributed by atoms with E-state index in [1.54, 1.807) is 4.90 Å². The number of carbonyl (C=O) groups excluding carboxylic acids is 1. The van der Waals surface area contributed by atoms with Crippen LogP contribution in [0.5, 0.6) is 11.5 Å². The monoisotopic (exact) mass is 526 g/mol. The van der Waals surface area contributed by atoms with E-state index in [0.717, 1.165) is 33.7 Å². The average molecular weight is 527 g/mol. The highest BCUT2D eigenvalue weighted by molar-refractivity contribution is 7.80. The van der Waals surface area contributed by atoms with Gasteiger partial charge < -0.3 is 19.9 Å². The lowest BCUT2D eigenvalue weighted by Gasteiger charge is -2.31. The Labute approximate surface area is 227 Å². The highest BCUT2D eigenvalue weighted by Gasteiger charge is 2.29. The summed E-state index contributed by atoms with van der Waals surface area (Å²) in [6.07, 6.45) is -0.587. The van der Waals surface area contributed by atoms with Crippen LogP contribution in [0.3, 0.4) is 0 Å². The zero-order valence-electron chi connectivity index (χ0n) is 23.9. The van der Waals surface area contributed by atoms with E-state index in [-0.39, 0.29) is 16.9 Å². The molecule has 2 aromatic carbocycles. The Morgan fingerprint density at radius 2 is 1.51 bits per heavy atom. The van der Waals surface area contributed by atoms with Crippen LogP contribution in [0.2, 0.25) is 0 Å². The number of carbonyl (C=O) groups is 1. The predicted octanol–water partition coefficient (Wildman–Crippen LogP) is 7.44. The van der Waals surface area contributed by atoms with Crippen LogP contribution in [0.1, 0.15) is 91.5 Å². The van der Waals surface area contributed by atoms with Gasteiger partial charge in [-0.1, -0.05) is 59.8 Å². The van der Waals surface area contributed by atoms with Gasteiger partial charge in [-0.25, -0.2) is 4.79 Å². The number of anilines is 1. The number of phenols is 1. The van der Waals surface area contributed by atoms with Crippen molar-refractivity contribution in [2.75, 3.05) is 5.32 Å². The molecule has 1 amide bonds. The van der Waals surface area contributed by atoms with Gasteiger partial charge in [0.15, 0.2) is 0 Å². The molecule has 0 fully saturated rings. The Balaban J connectivity index is 2.01. The van der Waals surface area contributed by atoms with E-state index in [0.29, 0.717) is 23.8 Å². The third kappa shape index (κ3) is 7.16. The number of rotatable bonds is 4. The maximum atomic E-state index is 13.4. The summed E-state index contributed by atoms with van der Waals surface area (Å²) in [5.74, 6) is 1.05. The minimum atomic E-state index is -0.634. The molecule has 6 nitrogen and oxygen atoms in total. The van der Waals surface area contributed by atoms with Crippen LogP contribution in [0.15, 0.2) is 30.3 Å². The minimum absolute atomic E-state index is 0.185. The highest BCUT2D eigenvalue weighted by atomic mass is 32.1. The third-order valence-electron chi connectivity index (χ3n) is 6.16. The molecule has 7 heteroatoms. The molecule has 2 aromatic rings. The van der Waals surface area contributed by atoms with Crippen molar-refractivity contribution in [1.29, 1.82) is 0 Å². The lowest BCUT2D eigenvalue weighted by atomic mass is 9.78. The number of hydrogen-bond acceptors (Lipinski definition) is 5. The molecule has 0 saturated carbocycles. The fraction of sp³-hybridized carbons (Fsp3) is 0.533. The Morgan fingerprint density at radius 3 is 2.03 bits per heavy atom.